The van der Waals surface area contributed by atoms with Gasteiger partial charge >= 0.3 is 0 Å². The van der Waals surface area contributed by atoms with Gasteiger partial charge in [-0.3, -0.25) is 19.6 Å². The molecule has 0 radical (unpaired) electrons. The van der Waals surface area contributed by atoms with Crippen molar-refractivity contribution in [3.05, 3.63) is 101 Å². The summed E-state index contributed by atoms with van der Waals surface area (Å²) in [5.41, 5.74) is 14.0. The van der Waals surface area contributed by atoms with Crippen LogP contribution in [0.1, 0.15) is 46.8 Å². The van der Waals surface area contributed by atoms with Gasteiger partial charge in [-0.25, -0.2) is 0 Å². The lowest BCUT2D eigenvalue weighted by Crippen LogP contribution is -2.36. The molecule has 0 saturated carbocycles. The zero-order valence-corrected chi connectivity index (χ0v) is 21.2. The summed E-state index contributed by atoms with van der Waals surface area (Å²) in [4.78, 5) is 35.4. The summed E-state index contributed by atoms with van der Waals surface area (Å²) in [6.45, 7) is 8.93. The molecule has 1 fully saturated rings. The number of rotatable bonds is 6. The zero-order valence-electron chi connectivity index (χ0n) is 21.2. The minimum absolute atomic E-state index is 0.0311. The number of allylic oxidation sites excluding steroid dienone is 1. The maximum atomic E-state index is 12.7. The third-order valence-electron chi connectivity index (χ3n) is 6.43. The van der Waals surface area contributed by atoms with Crippen molar-refractivity contribution in [3.63, 3.8) is 0 Å². The summed E-state index contributed by atoms with van der Waals surface area (Å²) in [5.74, 6) is -0.223. The number of piperidine rings is 1. The van der Waals surface area contributed by atoms with Gasteiger partial charge in [0.1, 0.15) is 0 Å². The molecule has 1 aliphatic rings. The Morgan fingerprint density at radius 3 is 2.54 bits per heavy atom. The molecule has 0 spiro atoms. The first-order valence-corrected chi connectivity index (χ1v) is 12.2. The van der Waals surface area contributed by atoms with Gasteiger partial charge in [0.05, 0.1) is 5.56 Å². The lowest BCUT2D eigenvalue weighted by Gasteiger charge is -2.28. The number of amides is 2. The molecule has 37 heavy (non-hydrogen) atoms. The Bertz CT molecular complexity index is 1380. The van der Waals surface area contributed by atoms with Crippen LogP contribution in [0.4, 0.5) is 5.69 Å². The number of nitrogens with one attached hydrogen (secondary N) is 1. The molecular formula is C30H31N5O2. The SMILES string of the molecule is C=Cc1c(N)cc(-c2cnccc2C)cc1/C=C(\C)NC(=O)C=C1CCN(C(=O)c2cccnc2)CC1. The van der Waals surface area contributed by atoms with E-state index in [0.29, 0.717) is 42.9 Å². The number of carbonyl (C=O) groups excluding carboxylic acids is 2. The van der Waals surface area contributed by atoms with Crippen molar-refractivity contribution in [2.24, 2.45) is 0 Å². The van der Waals surface area contributed by atoms with E-state index < -0.39 is 0 Å². The van der Waals surface area contributed by atoms with Crippen molar-refractivity contribution < 1.29 is 9.59 Å². The van der Waals surface area contributed by atoms with Gasteiger partial charge in [-0.2, -0.15) is 0 Å². The van der Waals surface area contributed by atoms with Crippen molar-refractivity contribution in [1.82, 2.24) is 20.2 Å². The number of anilines is 1. The second kappa shape index (κ2) is 11.5. The summed E-state index contributed by atoms with van der Waals surface area (Å²) >= 11 is 0. The van der Waals surface area contributed by atoms with Crippen molar-refractivity contribution >= 4 is 29.7 Å². The fourth-order valence-corrected chi connectivity index (χ4v) is 4.47. The average Bonchev–Trinajstić information content (AvgIpc) is 2.89. The Morgan fingerprint density at radius 1 is 1.11 bits per heavy atom. The highest BCUT2D eigenvalue weighted by Gasteiger charge is 2.21. The van der Waals surface area contributed by atoms with E-state index in [-0.39, 0.29) is 11.8 Å². The highest BCUT2D eigenvalue weighted by Crippen LogP contribution is 2.30. The van der Waals surface area contributed by atoms with E-state index in [4.69, 9.17) is 5.73 Å². The van der Waals surface area contributed by atoms with Crippen molar-refractivity contribution in [3.8, 4) is 11.1 Å². The normalized spacial score (nSPS) is 13.7. The highest BCUT2D eigenvalue weighted by molar-refractivity contribution is 5.94. The summed E-state index contributed by atoms with van der Waals surface area (Å²) in [5, 5.41) is 2.95. The number of nitrogen functional groups attached to an aromatic ring is 1. The number of aromatic nitrogens is 2. The molecule has 0 unspecified atom stereocenters. The maximum Gasteiger partial charge on any atom is 0.255 e. The Hall–Kier alpha value is -4.52. The number of nitrogens with two attached hydrogens (primary N) is 1. The molecule has 4 rings (SSSR count). The number of hydrogen-bond donors (Lipinski definition) is 2. The summed E-state index contributed by atoms with van der Waals surface area (Å²) in [6, 6.07) is 9.43. The third kappa shape index (κ3) is 6.19. The van der Waals surface area contributed by atoms with Crippen LogP contribution in [0.2, 0.25) is 0 Å². The van der Waals surface area contributed by atoms with E-state index in [0.717, 1.165) is 33.4 Å². The number of pyridine rings is 2. The second-order valence-electron chi connectivity index (χ2n) is 9.12. The van der Waals surface area contributed by atoms with E-state index >= 15 is 0 Å². The standard InChI is InChI=1S/C30H31N5O2/c1-4-26-24(16-25(17-28(26)31)27-19-33-11-7-20(27)2)14-21(3)34-29(36)15-22-8-12-35(13-9-22)30(37)23-6-5-10-32-18-23/h4-7,10-11,14-19H,1,8-9,12-13,31H2,2-3H3,(H,34,36)/b21-14+. The summed E-state index contributed by atoms with van der Waals surface area (Å²) in [7, 11) is 0. The van der Waals surface area contributed by atoms with Crippen LogP contribution in [-0.2, 0) is 4.79 Å². The van der Waals surface area contributed by atoms with E-state index in [9.17, 15) is 9.59 Å². The van der Waals surface area contributed by atoms with E-state index in [1.165, 1.54) is 0 Å². The van der Waals surface area contributed by atoms with Crippen LogP contribution in [0.5, 0.6) is 0 Å². The van der Waals surface area contributed by atoms with Crippen LogP contribution >= 0.6 is 0 Å². The number of nitrogens with zero attached hydrogens (tertiary/aromatic N) is 3. The first-order chi connectivity index (χ1) is 17.9. The fraction of sp³-hybridized carbons (Fsp3) is 0.200. The van der Waals surface area contributed by atoms with Gasteiger partial charge in [0.25, 0.3) is 5.91 Å². The van der Waals surface area contributed by atoms with Gasteiger partial charge in [-0.1, -0.05) is 18.2 Å². The van der Waals surface area contributed by atoms with E-state index in [1.807, 2.05) is 44.3 Å². The second-order valence-corrected chi connectivity index (χ2v) is 9.12. The molecule has 188 valence electrons. The zero-order chi connectivity index (χ0) is 26.4. The fourth-order valence-electron chi connectivity index (χ4n) is 4.47. The summed E-state index contributed by atoms with van der Waals surface area (Å²) in [6.07, 6.45) is 13.4. The van der Waals surface area contributed by atoms with Crippen LogP contribution in [0, 0.1) is 6.92 Å². The van der Waals surface area contributed by atoms with Crippen LogP contribution in [0.15, 0.2) is 79.0 Å². The van der Waals surface area contributed by atoms with Crippen LogP contribution in [0.25, 0.3) is 23.3 Å². The minimum Gasteiger partial charge on any atom is -0.398 e. The third-order valence-corrected chi connectivity index (χ3v) is 6.43. The predicted molar refractivity (Wildman–Crippen MR) is 148 cm³/mol. The Balaban J connectivity index is 1.44. The quantitative estimate of drug-likeness (QED) is 0.371. The van der Waals surface area contributed by atoms with E-state index in [2.05, 4.69) is 21.9 Å². The topological polar surface area (TPSA) is 101 Å². The number of aryl methyl sites for hydroxylation is 1. The molecule has 7 nitrogen and oxygen atoms in total. The lowest BCUT2D eigenvalue weighted by molar-refractivity contribution is -0.115. The molecule has 1 aromatic carbocycles. The van der Waals surface area contributed by atoms with Gasteiger partial charge < -0.3 is 16.0 Å². The number of carbonyl (C=O) groups is 2. The largest absolute Gasteiger partial charge is 0.398 e. The molecule has 3 N–H and O–H groups in total. The van der Waals surface area contributed by atoms with E-state index in [1.54, 1.807) is 47.8 Å². The molecule has 2 amide bonds. The van der Waals surface area contributed by atoms with Gasteiger partial charge in [-0.15, -0.1) is 0 Å². The van der Waals surface area contributed by atoms with Gasteiger partial charge in [0, 0.05) is 66.5 Å². The monoisotopic (exact) mass is 493 g/mol. The smallest absolute Gasteiger partial charge is 0.255 e. The molecule has 3 aromatic rings. The van der Waals surface area contributed by atoms with Crippen molar-refractivity contribution in [1.29, 1.82) is 0 Å². The predicted octanol–water partition coefficient (Wildman–Crippen LogP) is 5.02. The Kier molecular flexibility index (Phi) is 7.93. The lowest BCUT2D eigenvalue weighted by atomic mass is 9.95. The van der Waals surface area contributed by atoms with Gasteiger partial charge in [-0.05, 0) is 79.8 Å². The Morgan fingerprint density at radius 2 is 1.86 bits per heavy atom. The number of likely N-dealkylation sites (tertiary alicyclic amines) is 1. The van der Waals surface area contributed by atoms with Crippen LogP contribution in [-0.4, -0.2) is 39.8 Å². The Labute approximate surface area is 217 Å². The number of benzene rings is 1. The molecule has 7 heteroatoms. The molecule has 3 heterocycles. The molecule has 1 saturated heterocycles. The average molecular weight is 494 g/mol. The molecule has 0 aliphatic carbocycles. The van der Waals surface area contributed by atoms with Crippen LogP contribution < -0.4 is 11.1 Å². The summed E-state index contributed by atoms with van der Waals surface area (Å²) < 4.78 is 0. The van der Waals surface area contributed by atoms with Gasteiger partial charge in [0.2, 0.25) is 5.91 Å². The molecule has 0 bridgehead atoms. The molecule has 1 aliphatic heterocycles. The number of hydrogen-bond acceptors (Lipinski definition) is 5. The maximum absolute atomic E-state index is 12.7. The molecule has 2 aromatic heterocycles. The molecule has 0 atom stereocenters. The highest BCUT2D eigenvalue weighted by atomic mass is 16.2. The molecular weight excluding hydrogens is 462 g/mol. The van der Waals surface area contributed by atoms with Crippen molar-refractivity contribution in [2.45, 2.75) is 26.7 Å². The van der Waals surface area contributed by atoms with Crippen LogP contribution in [0.3, 0.4) is 0 Å². The van der Waals surface area contributed by atoms with Gasteiger partial charge in [0.15, 0.2) is 0 Å². The minimum atomic E-state index is -0.192. The first-order valence-electron chi connectivity index (χ1n) is 12.2. The first kappa shape index (κ1) is 25.6. The van der Waals surface area contributed by atoms with Crippen molar-refractivity contribution in [2.75, 3.05) is 18.8 Å².